The summed E-state index contributed by atoms with van der Waals surface area (Å²) < 4.78 is 21.6. The van der Waals surface area contributed by atoms with Crippen LogP contribution in [0.25, 0.3) is 0 Å². The highest BCUT2D eigenvalue weighted by Gasteiger charge is 2.17. The number of nitrogens with zero attached hydrogens (tertiary/aromatic N) is 2. The van der Waals surface area contributed by atoms with Crippen LogP contribution in [0.1, 0.15) is 12.0 Å². The Labute approximate surface area is 206 Å². The molecule has 1 heterocycles. The number of hydrogen-bond acceptors (Lipinski definition) is 6. The van der Waals surface area contributed by atoms with Crippen LogP contribution in [-0.2, 0) is 11.3 Å². The van der Waals surface area contributed by atoms with Gasteiger partial charge in [-0.2, -0.15) is 0 Å². The van der Waals surface area contributed by atoms with Gasteiger partial charge in [0.2, 0.25) is 0 Å². The summed E-state index contributed by atoms with van der Waals surface area (Å²) in [6, 6.07) is 11.3. The molecule has 33 heavy (non-hydrogen) atoms. The topological polar surface area (TPSA) is 55.4 Å². The van der Waals surface area contributed by atoms with Gasteiger partial charge in [0.25, 0.3) is 0 Å². The number of anilines is 1. The Morgan fingerprint density at radius 3 is 2.42 bits per heavy atom. The summed E-state index contributed by atoms with van der Waals surface area (Å²) in [5, 5.41) is 4.45. The van der Waals surface area contributed by atoms with Crippen LogP contribution in [-0.4, -0.2) is 75.6 Å². The van der Waals surface area contributed by atoms with Gasteiger partial charge in [0.05, 0.1) is 45.3 Å². The zero-order valence-electron chi connectivity index (χ0n) is 19.4. The van der Waals surface area contributed by atoms with E-state index in [1.165, 1.54) is 0 Å². The second-order valence-electron chi connectivity index (χ2n) is 7.68. The summed E-state index contributed by atoms with van der Waals surface area (Å²) >= 11 is 12.2. The Bertz CT molecular complexity index is 925. The smallest absolute Gasteiger partial charge is 0.173 e. The first kappa shape index (κ1) is 25.4. The maximum absolute atomic E-state index is 6.43. The molecule has 0 radical (unpaired) electrons. The van der Waals surface area contributed by atoms with Crippen molar-refractivity contribution < 1.29 is 18.9 Å². The number of rotatable bonds is 10. The number of benzene rings is 2. The van der Waals surface area contributed by atoms with Crippen molar-refractivity contribution in [3.63, 3.8) is 0 Å². The third-order valence-corrected chi connectivity index (χ3v) is 6.24. The molecule has 0 aromatic heterocycles. The third-order valence-electron chi connectivity index (χ3n) is 5.57. The van der Waals surface area contributed by atoms with Gasteiger partial charge in [-0.3, -0.25) is 4.90 Å². The Kier molecular flexibility index (Phi) is 9.87. The first-order valence-electron chi connectivity index (χ1n) is 10.9. The molecule has 1 fully saturated rings. The number of thiocarbonyl (C=S) groups is 1. The molecule has 0 saturated carbocycles. The van der Waals surface area contributed by atoms with E-state index in [0.29, 0.717) is 22.4 Å². The van der Waals surface area contributed by atoms with Crippen LogP contribution in [0, 0.1) is 0 Å². The van der Waals surface area contributed by atoms with E-state index in [4.69, 9.17) is 42.8 Å². The third kappa shape index (κ3) is 7.37. The largest absolute Gasteiger partial charge is 0.497 e. The maximum atomic E-state index is 6.43. The molecule has 0 spiro atoms. The molecule has 0 atom stereocenters. The molecule has 1 aliphatic rings. The van der Waals surface area contributed by atoms with Crippen molar-refractivity contribution in [1.82, 2.24) is 9.80 Å². The minimum absolute atomic E-state index is 0.548. The standard InChI is InChI=1S/C24H32ClN3O4S/c1-29-19-7-8-22(21(25)15-19)26-24(33)28(10-4-9-27-11-13-32-14-12-27)17-18-5-6-20(30-2)16-23(18)31-3/h5-8,15-16H,4,9-14,17H2,1-3H3,(H,26,33). The Morgan fingerprint density at radius 2 is 1.76 bits per heavy atom. The van der Waals surface area contributed by atoms with Gasteiger partial charge in [-0.1, -0.05) is 11.6 Å². The lowest BCUT2D eigenvalue weighted by Gasteiger charge is -2.30. The summed E-state index contributed by atoms with van der Waals surface area (Å²) in [6.45, 7) is 5.89. The molecule has 0 amide bonds. The van der Waals surface area contributed by atoms with E-state index in [1.54, 1.807) is 27.4 Å². The van der Waals surface area contributed by atoms with Gasteiger partial charge in [-0.05, 0) is 42.9 Å². The highest BCUT2D eigenvalue weighted by atomic mass is 35.5. The fourth-order valence-electron chi connectivity index (χ4n) is 3.67. The maximum Gasteiger partial charge on any atom is 0.173 e. The van der Waals surface area contributed by atoms with E-state index in [-0.39, 0.29) is 0 Å². The van der Waals surface area contributed by atoms with Gasteiger partial charge in [-0.25, -0.2) is 0 Å². The molecule has 1 aliphatic heterocycles. The lowest BCUT2D eigenvalue weighted by atomic mass is 10.1. The first-order chi connectivity index (χ1) is 16.0. The van der Waals surface area contributed by atoms with Gasteiger partial charge in [0.15, 0.2) is 5.11 Å². The van der Waals surface area contributed by atoms with E-state index in [0.717, 1.165) is 68.6 Å². The lowest BCUT2D eigenvalue weighted by Crippen LogP contribution is -2.40. The van der Waals surface area contributed by atoms with Gasteiger partial charge < -0.3 is 29.2 Å². The van der Waals surface area contributed by atoms with Crippen LogP contribution < -0.4 is 19.5 Å². The molecule has 0 unspecified atom stereocenters. The van der Waals surface area contributed by atoms with E-state index in [9.17, 15) is 0 Å². The average Bonchev–Trinajstić information content (AvgIpc) is 2.85. The van der Waals surface area contributed by atoms with E-state index in [1.807, 2.05) is 30.3 Å². The summed E-state index contributed by atoms with van der Waals surface area (Å²) in [7, 11) is 4.92. The van der Waals surface area contributed by atoms with Gasteiger partial charge in [0.1, 0.15) is 17.2 Å². The SMILES string of the molecule is COc1ccc(NC(=S)N(CCCN2CCOCC2)Cc2ccc(OC)cc2OC)c(Cl)c1. The van der Waals surface area contributed by atoms with Gasteiger partial charge in [-0.15, -0.1) is 0 Å². The fraction of sp³-hybridized carbons (Fsp3) is 0.458. The molecule has 180 valence electrons. The molecule has 3 rings (SSSR count). The van der Waals surface area contributed by atoms with Crippen LogP contribution in [0.5, 0.6) is 17.2 Å². The van der Waals surface area contributed by atoms with Crippen LogP contribution in [0.2, 0.25) is 5.02 Å². The number of morpholine rings is 1. The lowest BCUT2D eigenvalue weighted by molar-refractivity contribution is 0.0367. The molecule has 2 aromatic rings. The van der Waals surface area contributed by atoms with E-state index in [2.05, 4.69) is 15.1 Å². The first-order valence-corrected chi connectivity index (χ1v) is 11.7. The monoisotopic (exact) mass is 493 g/mol. The van der Waals surface area contributed by atoms with E-state index < -0.39 is 0 Å². The molecular formula is C24H32ClN3O4S. The molecule has 2 aromatic carbocycles. The normalized spacial score (nSPS) is 13.9. The highest BCUT2D eigenvalue weighted by molar-refractivity contribution is 7.80. The molecule has 0 bridgehead atoms. The number of nitrogens with one attached hydrogen (secondary N) is 1. The zero-order valence-corrected chi connectivity index (χ0v) is 21.0. The zero-order chi connectivity index (χ0) is 23.6. The predicted octanol–water partition coefficient (Wildman–Crippen LogP) is 4.29. The fourth-order valence-corrected chi connectivity index (χ4v) is 4.15. The van der Waals surface area contributed by atoms with Crippen molar-refractivity contribution >= 4 is 34.6 Å². The summed E-state index contributed by atoms with van der Waals surface area (Å²) in [6.07, 6.45) is 0.969. The molecule has 9 heteroatoms. The number of methoxy groups -OCH3 is 3. The van der Waals surface area contributed by atoms with Crippen molar-refractivity contribution in [2.75, 3.05) is 66.0 Å². The molecule has 1 N–H and O–H groups in total. The predicted molar refractivity (Wildman–Crippen MR) is 136 cm³/mol. The van der Waals surface area contributed by atoms with Crippen molar-refractivity contribution in [1.29, 1.82) is 0 Å². The van der Waals surface area contributed by atoms with Crippen LogP contribution in [0.3, 0.4) is 0 Å². The second-order valence-corrected chi connectivity index (χ2v) is 8.48. The Balaban J connectivity index is 1.73. The quantitative estimate of drug-likeness (QED) is 0.492. The summed E-state index contributed by atoms with van der Waals surface area (Å²) in [5.74, 6) is 2.21. The van der Waals surface area contributed by atoms with Gasteiger partial charge in [0, 0.05) is 50.4 Å². The van der Waals surface area contributed by atoms with Gasteiger partial charge >= 0.3 is 0 Å². The Morgan fingerprint density at radius 1 is 1.06 bits per heavy atom. The minimum atomic E-state index is 0.548. The second kappa shape index (κ2) is 12.8. The van der Waals surface area contributed by atoms with Crippen LogP contribution in [0.15, 0.2) is 36.4 Å². The van der Waals surface area contributed by atoms with E-state index >= 15 is 0 Å². The molecular weight excluding hydrogens is 462 g/mol. The van der Waals surface area contributed by atoms with Crippen LogP contribution >= 0.6 is 23.8 Å². The summed E-state index contributed by atoms with van der Waals surface area (Å²) in [5.41, 5.74) is 1.76. The minimum Gasteiger partial charge on any atom is -0.497 e. The van der Waals surface area contributed by atoms with Crippen molar-refractivity contribution in [3.05, 3.63) is 47.0 Å². The average molecular weight is 494 g/mol. The molecule has 0 aliphatic carbocycles. The number of hydrogen-bond donors (Lipinski definition) is 1. The molecule has 7 nitrogen and oxygen atoms in total. The number of halogens is 1. The van der Waals surface area contributed by atoms with Crippen molar-refractivity contribution in [3.8, 4) is 17.2 Å². The van der Waals surface area contributed by atoms with Crippen molar-refractivity contribution in [2.24, 2.45) is 0 Å². The number of ether oxygens (including phenoxy) is 4. The van der Waals surface area contributed by atoms with Crippen LogP contribution in [0.4, 0.5) is 5.69 Å². The summed E-state index contributed by atoms with van der Waals surface area (Å²) in [4.78, 5) is 4.56. The molecule has 1 saturated heterocycles. The van der Waals surface area contributed by atoms with Crippen molar-refractivity contribution in [2.45, 2.75) is 13.0 Å². The highest BCUT2D eigenvalue weighted by Crippen LogP contribution is 2.28. The Hall–Kier alpha value is -2.26.